The summed E-state index contributed by atoms with van der Waals surface area (Å²) in [5.41, 5.74) is -0.00353. The SMILES string of the molecule is O=C1CC2(CCNCC2)CN1Cc1c(F)cccc1F. The van der Waals surface area contributed by atoms with Gasteiger partial charge in [0.1, 0.15) is 11.6 Å². The van der Waals surface area contributed by atoms with Crippen molar-refractivity contribution in [3.05, 3.63) is 35.4 Å². The summed E-state index contributed by atoms with van der Waals surface area (Å²) < 4.78 is 27.4. The van der Waals surface area contributed by atoms with Crippen LogP contribution in [0.2, 0.25) is 0 Å². The second-order valence-corrected chi connectivity index (χ2v) is 5.88. The van der Waals surface area contributed by atoms with Crippen molar-refractivity contribution < 1.29 is 13.6 Å². The summed E-state index contributed by atoms with van der Waals surface area (Å²) in [4.78, 5) is 13.7. The topological polar surface area (TPSA) is 32.3 Å². The number of carbonyl (C=O) groups is 1. The van der Waals surface area contributed by atoms with E-state index in [1.807, 2.05) is 0 Å². The van der Waals surface area contributed by atoms with Crippen LogP contribution in [0, 0.1) is 17.0 Å². The van der Waals surface area contributed by atoms with Crippen LogP contribution in [0.4, 0.5) is 8.78 Å². The first-order chi connectivity index (χ1) is 9.60. The molecule has 5 heteroatoms. The first kappa shape index (κ1) is 13.5. The van der Waals surface area contributed by atoms with Gasteiger partial charge in [-0.2, -0.15) is 0 Å². The molecule has 0 aromatic heterocycles. The minimum Gasteiger partial charge on any atom is -0.338 e. The summed E-state index contributed by atoms with van der Waals surface area (Å²) in [5.74, 6) is -1.15. The molecule has 0 unspecified atom stereocenters. The predicted molar refractivity (Wildman–Crippen MR) is 70.9 cm³/mol. The van der Waals surface area contributed by atoms with Gasteiger partial charge in [-0.1, -0.05) is 6.07 Å². The third-order valence-electron chi connectivity index (χ3n) is 4.48. The molecule has 2 heterocycles. The minimum absolute atomic E-state index is 0.00403. The van der Waals surface area contributed by atoms with Crippen molar-refractivity contribution in [2.45, 2.75) is 25.8 Å². The number of halogens is 2. The molecule has 0 saturated carbocycles. The summed E-state index contributed by atoms with van der Waals surface area (Å²) in [6.07, 6.45) is 2.41. The van der Waals surface area contributed by atoms with Gasteiger partial charge in [-0.3, -0.25) is 4.79 Å². The molecule has 2 aliphatic rings. The molecule has 1 amide bonds. The van der Waals surface area contributed by atoms with Crippen LogP contribution in [0.1, 0.15) is 24.8 Å². The van der Waals surface area contributed by atoms with Crippen molar-refractivity contribution in [3.63, 3.8) is 0 Å². The lowest BCUT2D eigenvalue weighted by Gasteiger charge is -2.33. The fourth-order valence-corrected chi connectivity index (χ4v) is 3.29. The van der Waals surface area contributed by atoms with E-state index in [0.717, 1.165) is 25.9 Å². The number of nitrogens with zero attached hydrogens (tertiary/aromatic N) is 1. The van der Waals surface area contributed by atoms with Gasteiger partial charge in [-0.15, -0.1) is 0 Å². The average molecular weight is 280 g/mol. The number of amides is 1. The molecule has 2 aliphatic heterocycles. The maximum Gasteiger partial charge on any atom is 0.223 e. The summed E-state index contributed by atoms with van der Waals surface area (Å²) in [6.45, 7) is 2.47. The Morgan fingerprint density at radius 2 is 1.85 bits per heavy atom. The van der Waals surface area contributed by atoms with Crippen LogP contribution in [-0.2, 0) is 11.3 Å². The second kappa shape index (κ2) is 5.13. The number of nitrogens with one attached hydrogen (secondary N) is 1. The highest BCUT2D eigenvalue weighted by atomic mass is 19.1. The van der Waals surface area contributed by atoms with Gasteiger partial charge in [0.25, 0.3) is 0 Å². The van der Waals surface area contributed by atoms with Gasteiger partial charge in [0.05, 0.1) is 6.54 Å². The van der Waals surface area contributed by atoms with Gasteiger partial charge < -0.3 is 10.2 Å². The molecule has 0 bridgehead atoms. The number of likely N-dealkylation sites (tertiary alicyclic amines) is 1. The summed E-state index contributed by atoms with van der Waals surface area (Å²) in [7, 11) is 0. The lowest BCUT2D eigenvalue weighted by molar-refractivity contribution is -0.128. The molecule has 2 fully saturated rings. The Balaban J connectivity index is 1.77. The van der Waals surface area contributed by atoms with E-state index in [4.69, 9.17) is 0 Å². The Kier molecular flexibility index (Phi) is 3.46. The quantitative estimate of drug-likeness (QED) is 0.899. The standard InChI is InChI=1S/C15H18F2N2O/c16-12-2-1-3-13(17)11(12)9-19-10-15(8-14(19)20)4-6-18-7-5-15/h1-3,18H,4-10H2. The number of hydrogen-bond donors (Lipinski definition) is 1. The lowest BCUT2D eigenvalue weighted by atomic mass is 9.78. The number of hydrogen-bond acceptors (Lipinski definition) is 2. The molecule has 2 saturated heterocycles. The molecule has 1 spiro atoms. The third-order valence-corrected chi connectivity index (χ3v) is 4.48. The predicted octanol–water partition coefficient (Wildman–Crippen LogP) is 2.07. The Bertz CT molecular complexity index is 506. The first-order valence-corrected chi connectivity index (χ1v) is 7.01. The van der Waals surface area contributed by atoms with Crippen LogP contribution >= 0.6 is 0 Å². The summed E-state index contributed by atoms with van der Waals surface area (Å²) >= 11 is 0. The van der Waals surface area contributed by atoms with E-state index in [1.54, 1.807) is 4.90 Å². The Morgan fingerprint density at radius 3 is 2.50 bits per heavy atom. The Hall–Kier alpha value is -1.49. The molecule has 0 radical (unpaired) electrons. The molecule has 3 nitrogen and oxygen atoms in total. The van der Waals surface area contributed by atoms with Crippen molar-refractivity contribution in [2.75, 3.05) is 19.6 Å². The monoisotopic (exact) mass is 280 g/mol. The fraction of sp³-hybridized carbons (Fsp3) is 0.533. The van der Waals surface area contributed by atoms with Crippen LogP contribution in [0.3, 0.4) is 0 Å². The maximum atomic E-state index is 13.7. The highest BCUT2D eigenvalue weighted by molar-refractivity contribution is 5.79. The van der Waals surface area contributed by atoms with Crippen molar-refractivity contribution >= 4 is 5.91 Å². The van der Waals surface area contributed by atoms with E-state index in [0.29, 0.717) is 13.0 Å². The average Bonchev–Trinajstić information content (AvgIpc) is 2.71. The molecule has 20 heavy (non-hydrogen) atoms. The zero-order valence-corrected chi connectivity index (χ0v) is 11.3. The number of benzene rings is 1. The fourth-order valence-electron chi connectivity index (χ4n) is 3.29. The number of carbonyl (C=O) groups excluding carboxylic acids is 1. The zero-order valence-electron chi connectivity index (χ0n) is 11.3. The van der Waals surface area contributed by atoms with E-state index >= 15 is 0 Å². The molecule has 1 aromatic carbocycles. The number of rotatable bonds is 2. The van der Waals surface area contributed by atoms with Gasteiger partial charge in [0.2, 0.25) is 5.91 Å². The number of piperidine rings is 1. The second-order valence-electron chi connectivity index (χ2n) is 5.88. The normalized spacial score (nSPS) is 21.7. The van der Waals surface area contributed by atoms with E-state index in [9.17, 15) is 13.6 Å². The third kappa shape index (κ3) is 2.42. The van der Waals surface area contributed by atoms with E-state index < -0.39 is 11.6 Å². The van der Waals surface area contributed by atoms with Gasteiger partial charge in [0.15, 0.2) is 0 Å². The van der Waals surface area contributed by atoms with Gasteiger partial charge in [0, 0.05) is 18.5 Å². The highest BCUT2D eigenvalue weighted by Crippen LogP contribution is 2.40. The van der Waals surface area contributed by atoms with Crippen molar-refractivity contribution in [1.82, 2.24) is 10.2 Å². The lowest BCUT2D eigenvalue weighted by Crippen LogP contribution is -2.38. The van der Waals surface area contributed by atoms with Crippen LogP contribution in [0.15, 0.2) is 18.2 Å². The molecule has 1 N–H and O–H groups in total. The summed E-state index contributed by atoms with van der Waals surface area (Å²) in [5, 5.41) is 3.28. The smallest absolute Gasteiger partial charge is 0.223 e. The van der Waals surface area contributed by atoms with Gasteiger partial charge >= 0.3 is 0 Å². The molecular weight excluding hydrogens is 262 g/mol. The molecular formula is C15H18F2N2O. The Morgan fingerprint density at radius 1 is 1.20 bits per heavy atom. The van der Waals surface area contributed by atoms with E-state index in [2.05, 4.69) is 5.32 Å². The van der Waals surface area contributed by atoms with E-state index in [-0.39, 0.29) is 23.4 Å². The van der Waals surface area contributed by atoms with Crippen molar-refractivity contribution in [3.8, 4) is 0 Å². The molecule has 0 atom stereocenters. The van der Waals surface area contributed by atoms with E-state index in [1.165, 1.54) is 18.2 Å². The van der Waals surface area contributed by atoms with Crippen LogP contribution in [0.25, 0.3) is 0 Å². The van der Waals surface area contributed by atoms with Gasteiger partial charge in [-0.05, 0) is 43.5 Å². The minimum atomic E-state index is -0.580. The highest BCUT2D eigenvalue weighted by Gasteiger charge is 2.43. The van der Waals surface area contributed by atoms with Crippen molar-refractivity contribution in [1.29, 1.82) is 0 Å². The molecule has 108 valence electrons. The van der Waals surface area contributed by atoms with Crippen LogP contribution < -0.4 is 5.32 Å². The van der Waals surface area contributed by atoms with Crippen molar-refractivity contribution in [2.24, 2.45) is 5.41 Å². The maximum absolute atomic E-state index is 13.7. The van der Waals surface area contributed by atoms with Gasteiger partial charge in [-0.25, -0.2) is 8.78 Å². The largest absolute Gasteiger partial charge is 0.338 e. The summed E-state index contributed by atoms with van der Waals surface area (Å²) in [6, 6.07) is 3.81. The van der Waals surface area contributed by atoms with Crippen LogP contribution in [-0.4, -0.2) is 30.4 Å². The molecule has 3 rings (SSSR count). The molecule has 1 aromatic rings. The Labute approximate surface area is 117 Å². The molecule has 0 aliphatic carbocycles. The first-order valence-electron chi connectivity index (χ1n) is 7.01. The van der Waals surface area contributed by atoms with Crippen LogP contribution in [0.5, 0.6) is 0 Å². The zero-order chi connectivity index (χ0) is 14.2.